The minimum absolute atomic E-state index is 0.0950. The molecule has 0 spiro atoms. The van der Waals surface area contributed by atoms with Gasteiger partial charge < -0.3 is 9.30 Å². The molecule has 128 valence electrons. The molecule has 0 radical (unpaired) electrons. The summed E-state index contributed by atoms with van der Waals surface area (Å²) in [5, 5.41) is 0. The molecule has 0 bridgehead atoms. The fourth-order valence-electron chi connectivity index (χ4n) is 3.50. The van der Waals surface area contributed by atoms with Crippen LogP contribution < -0.4 is 5.56 Å². The number of halogens is 1. The number of hydrogen-bond acceptors (Lipinski definition) is 4. The zero-order valence-corrected chi connectivity index (χ0v) is 13.9. The van der Waals surface area contributed by atoms with Gasteiger partial charge >= 0.3 is 0 Å². The monoisotopic (exact) mass is 331 g/mol. The summed E-state index contributed by atoms with van der Waals surface area (Å²) in [7, 11) is 1.72. The van der Waals surface area contributed by atoms with E-state index in [4.69, 9.17) is 4.74 Å². The first-order valence-electron chi connectivity index (χ1n) is 8.59. The molecule has 1 aliphatic carbocycles. The minimum atomic E-state index is -0.332. The molecule has 1 aromatic carbocycles. The molecule has 4 rings (SSSR count). The van der Waals surface area contributed by atoms with E-state index in [1.165, 1.54) is 25.0 Å². The molecule has 1 saturated carbocycles. The van der Waals surface area contributed by atoms with Gasteiger partial charge in [0.05, 0.1) is 17.6 Å². The van der Waals surface area contributed by atoms with Crippen molar-refractivity contribution in [2.24, 2.45) is 13.0 Å². The van der Waals surface area contributed by atoms with Crippen LogP contribution in [0, 0.1) is 11.7 Å². The first-order valence-corrected chi connectivity index (χ1v) is 8.59. The lowest BCUT2D eigenvalue weighted by Gasteiger charge is -2.24. The van der Waals surface area contributed by atoms with Crippen LogP contribution in [0.1, 0.15) is 25.0 Å². The summed E-state index contributed by atoms with van der Waals surface area (Å²) in [4.78, 5) is 19.5. The molecule has 6 heteroatoms. The summed E-state index contributed by atoms with van der Waals surface area (Å²) >= 11 is 0. The highest BCUT2D eigenvalue weighted by molar-refractivity contribution is 5.74. The van der Waals surface area contributed by atoms with E-state index in [1.807, 2.05) is 0 Å². The molecule has 1 atom stereocenters. The third-order valence-electron chi connectivity index (χ3n) is 5.04. The quantitative estimate of drug-likeness (QED) is 0.842. The lowest BCUT2D eigenvalue weighted by Crippen LogP contribution is -2.35. The fraction of sp³-hybridized carbons (Fsp3) is 0.556. The minimum Gasteiger partial charge on any atom is -0.381 e. The van der Waals surface area contributed by atoms with Crippen LogP contribution in [-0.4, -0.2) is 40.3 Å². The summed E-state index contributed by atoms with van der Waals surface area (Å²) in [5.74, 6) is 0.203. The smallest absolute Gasteiger partial charge is 0.273 e. The number of fused-ring (bicyclic) bond motifs is 1. The molecular weight excluding hydrogens is 309 g/mol. The van der Waals surface area contributed by atoms with Crippen molar-refractivity contribution in [3.8, 4) is 0 Å². The zero-order chi connectivity index (χ0) is 16.7. The highest BCUT2D eigenvalue weighted by Gasteiger charge is 2.32. The van der Waals surface area contributed by atoms with Gasteiger partial charge in [0.1, 0.15) is 11.5 Å². The Balaban J connectivity index is 1.64. The number of ether oxygens (including phenoxy) is 1. The van der Waals surface area contributed by atoms with Gasteiger partial charge in [-0.15, -0.1) is 0 Å². The van der Waals surface area contributed by atoms with Gasteiger partial charge in [0.2, 0.25) is 0 Å². The first kappa shape index (κ1) is 15.7. The highest BCUT2D eigenvalue weighted by Crippen LogP contribution is 2.30. The van der Waals surface area contributed by atoms with Crippen molar-refractivity contribution < 1.29 is 9.13 Å². The van der Waals surface area contributed by atoms with Crippen LogP contribution in [0.4, 0.5) is 4.39 Å². The molecular formula is C18H22FN3O2. The molecule has 2 aliphatic rings. The number of nitrogens with zero attached hydrogens (tertiary/aromatic N) is 3. The van der Waals surface area contributed by atoms with Crippen LogP contribution in [0.3, 0.4) is 0 Å². The van der Waals surface area contributed by atoms with Crippen LogP contribution in [0.15, 0.2) is 23.0 Å². The topological polar surface area (TPSA) is 47.4 Å². The molecule has 0 N–H and O–H groups in total. The summed E-state index contributed by atoms with van der Waals surface area (Å²) in [6, 6.07) is 4.90. The second-order valence-electron chi connectivity index (χ2n) is 6.95. The maximum absolute atomic E-state index is 13.5. The van der Waals surface area contributed by atoms with Crippen LogP contribution >= 0.6 is 0 Å². The molecule has 5 nitrogen and oxygen atoms in total. The Hall–Kier alpha value is -1.79. The molecule has 2 aromatic rings. The molecule has 0 unspecified atom stereocenters. The fourth-order valence-corrected chi connectivity index (χ4v) is 3.50. The highest BCUT2D eigenvalue weighted by atomic mass is 19.1. The Morgan fingerprint density at radius 3 is 2.92 bits per heavy atom. The SMILES string of the molecule is Cn1c(=O)c(CN(C[C@@H]2CCOC2)C2CC2)nc2cc(F)ccc21. The van der Waals surface area contributed by atoms with Crippen LogP contribution in [0.5, 0.6) is 0 Å². The third kappa shape index (κ3) is 3.08. The van der Waals surface area contributed by atoms with E-state index in [9.17, 15) is 9.18 Å². The van der Waals surface area contributed by atoms with Crippen LogP contribution in [0.25, 0.3) is 11.0 Å². The number of aromatic nitrogens is 2. The first-order chi connectivity index (χ1) is 11.6. The Morgan fingerprint density at radius 1 is 1.38 bits per heavy atom. The van der Waals surface area contributed by atoms with Crippen molar-refractivity contribution in [1.82, 2.24) is 14.5 Å². The van der Waals surface area contributed by atoms with Crippen molar-refractivity contribution in [1.29, 1.82) is 0 Å². The Morgan fingerprint density at radius 2 is 2.21 bits per heavy atom. The lowest BCUT2D eigenvalue weighted by molar-refractivity contribution is 0.160. The van der Waals surface area contributed by atoms with E-state index in [1.54, 1.807) is 17.7 Å². The molecule has 2 heterocycles. The summed E-state index contributed by atoms with van der Waals surface area (Å²) in [6.07, 6.45) is 3.43. The van der Waals surface area contributed by atoms with Gasteiger partial charge in [0.25, 0.3) is 5.56 Å². The molecule has 1 saturated heterocycles. The van der Waals surface area contributed by atoms with Crippen molar-refractivity contribution in [2.75, 3.05) is 19.8 Å². The van der Waals surface area contributed by atoms with Crippen molar-refractivity contribution >= 4 is 11.0 Å². The Labute approximate surface area is 140 Å². The Kier molecular flexibility index (Phi) is 4.10. The average molecular weight is 331 g/mol. The zero-order valence-electron chi connectivity index (χ0n) is 13.9. The van der Waals surface area contributed by atoms with E-state index < -0.39 is 0 Å². The number of rotatable bonds is 5. The van der Waals surface area contributed by atoms with E-state index in [0.29, 0.717) is 35.2 Å². The Bertz CT molecular complexity index is 810. The van der Waals surface area contributed by atoms with Crippen molar-refractivity contribution in [3.05, 3.63) is 40.1 Å². The van der Waals surface area contributed by atoms with Gasteiger partial charge in [0.15, 0.2) is 0 Å². The van der Waals surface area contributed by atoms with E-state index in [2.05, 4.69) is 9.88 Å². The number of benzene rings is 1. The normalized spacial score (nSPS) is 21.0. The predicted molar refractivity (Wildman–Crippen MR) is 89.3 cm³/mol. The summed E-state index contributed by atoms with van der Waals surface area (Å²) in [5.41, 5.74) is 1.60. The van der Waals surface area contributed by atoms with Crippen LogP contribution in [-0.2, 0) is 18.3 Å². The number of hydrogen-bond donors (Lipinski definition) is 0. The van der Waals surface area contributed by atoms with E-state index in [-0.39, 0.29) is 11.4 Å². The van der Waals surface area contributed by atoms with Crippen molar-refractivity contribution in [3.63, 3.8) is 0 Å². The summed E-state index contributed by atoms with van der Waals surface area (Å²) in [6.45, 7) is 3.10. The molecule has 1 aromatic heterocycles. The van der Waals surface area contributed by atoms with Gasteiger partial charge in [0, 0.05) is 38.9 Å². The molecule has 1 aliphatic heterocycles. The average Bonchev–Trinajstić information content (AvgIpc) is 3.29. The van der Waals surface area contributed by atoms with Gasteiger partial charge in [-0.05, 0) is 37.3 Å². The standard InChI is InChI=1S/C18H22FN3O2/c1-21-17-5-2-13(19)8-15(17)20-16(18(21)23)10-22(14-3-4-14)9-12-6-7-24-11-12/h2,5,8,12,14H,3-4,6-7,9-11H2,1H3/t12-/m0/s1. The van der Waals surface area contributed by atoms with Gasteiger partial charge in [-0.3, -0.25) is 9.69 Å². The van der Waals surface area contributed by atoms with Gasteiger partial charge in [-0.2, -0.15) is 0 Å². The number of aryl methyl sites for hydroxylation is 1. The largest absolute Gasteiger partial charge is 0.381 e. The molecule has 2 fully saturated rings. The third-order valence-corrected chi connectivity index (χ3v) is 5.04. The van der Waals surface area contributed by atoms with Gasteiger partial charge in [-0.1, -0.05) is 0 Å². The molecule has 0 amide bonds. The second-order valence-corrected chi connectivity index (χ2v) is 6.95. The van der Waals surface area contributed by atoms with E-state index >= 15 is 0 Å². The maximum Gasteiger partial charge on any atom is 0.273 e. The second kappa shape index (κ2) is 6.26. The van der Waals surface area contributed by atoms with Gasteiger partial charge in [-0.25, -0.2) is 9.37 Å². The van der Waals surface area contributed by atoms with Crippen molar-refractivity contribution in [2.45, 2.75) is 31.8 Å². The van der Waals surface area contributed by atoms with E-state index in [0.717, 1.165) is 26.2 Å². The lowest BCUT2D eigenvalue weighted by atomic mass is 10.1. The van der Waals surface area contributed by atoms with Crippen LogP contribution in [0.2, 0.25) is 0 Å². The maximum atomic E-state index is 13.5. The predicted octanol–water partition coefficient (Wildman–Crippen LogP) is 2.07. The summed E-state index contributed by atoms with van der Waals surface area (Å²) < 4.78 is 20.6. The molecule has 24 heavy (non-hydrogen) atoms.